The van der Waals surface area contributed by atoms with Gasteiger partial charge in [0.15, 0.2) is 0 Å². The zero-order valence-corrected chi connectivity index (χ0v) is 6.84. The van der Waals surface area contributed by atoms with Crippen LogP contribution in [0.3, 0.4) is 0 Å². The molecule has 0 heterocycles. The topological polar surface area (TPSA) is 26.0 Å². The van der Waals surface area contributed by atoms with Crippen LogP contribution in [0.1, 0.15) is 39.0 Å². The molecule has 9 heavy (non-hydrogen) atoms. The molecule has 0 aromatic carbocycles. The van der Waals surface area contributed by atoms with Gasteiger partial charge in [0.1, 0.15) is 0 Å². The van der Waals surface area contributed by atoms with Crippen LogP contribution in [-0.2, 0) is 0 Å². The van der Waals surface area contributed by atoms with E-state index in [0.717, 1.165) is 0 Å². The fourth-order valence-electron chi connectivity index (χ4n) is 1.07. The number of unbranched alkanes of at least 4 members (excludes halogenated alkanes) is 1. The molecule has 2 heteroatoms. The number of hydrogen-bond acceptors (Lipinski definition) is 2. The number of hydrogen-bond donors (Lipinski definition) is 1. The van der Waals surface area contributed by atoms with Crippen molar-refractivity contribution in [2.45, 2.75) is 43.8 Å². The van der Waals surface area contributed by atoms with Crippen molar-refractivity contribution in [1.82, 2.24) is 0 Å². The molecule has 0 amide bonds. The number of nitrogens with two attached hydrogens (primary N) is 1. The Hall–Kier alpha value is 0.310. The van der Waals surface area contributed by atoms with Crippen molar-refractivity contribution in [2.24, 2.45) is 5.14 Å². The van der Waals surface area contributed by atoms with Crippen molar-refractivity contribution in [3.05, 3.63) is 0 Å². The lowest BCUT2D eigenvalue weighted by molar-refractivity contribution is 0.685. The molecule has 1 saturated carbocycles. The summed E-state index contributed by atoms with van der Waals surface area (Å²) in [4.78, 5) is 0. The standard InChI is InChI=1S/C7H15NS/c1-2-3-4-7(9-8)5-6-7/h2-6,8H2,1H3. The lowest BCUT2D eigenvalue weighted by Crippen LogP contribution is -2.05. The first kappa shape index (κ1) is 7.42. The van der Waals surface area contributed by atoms with Crippen molar-refractivity contribution < 1.29 is 0 Å². The zero-order chi connectivity index (χ0) is 6.74. The second-order valence-electron chi connectivity index (χ2n) is 2.90. The Morgan fingerprint density at radius 3 is 2.56 bits per heavy atom. The monoisotopic (exact) mass is 145 g/mol. The highest BCUT2D eigenvalue weighted by Crippen LogP contribution is 2.49. The van der Waals surface area contributed by atoms with Gasteiger partial charge in [-0.3, -0.25) is 5.14 Å². The third-order valence-electron chi connectivity index (χ3n) is 2.04. The van der Waals surface area contributed by atoms with Crippen LogP contribution in [0, 0.1) is 0 Å². The minimum atomic E-state index is 0.538. The summed E-state index contributed by atoms with van der Waals surface area (Å²) in [5, 5.41) is 5.53. The highest BCUT2D eigenvalue weighted by Gasteiger charge is 2.41. The first-order valence-corrected chi connectivity index (χ1v) is 4.59. The maximum atomic E-state index is 5.53. The van der Waals surface area contributed by atoms with Crippen molar-refractivity contribution in [3.63, 3.8) is 0 Å². The fourth-order valence-corrected chi connectivity index (χ4v) is 1.67. The third kappa shape index (κ3) is 1.87. The molecule has 1 aliphatic carbocycles. The minimum absolute atomic E-state index is 0.538. The summed E-state index contributed by atoms with van der Waals surface area (Å²) < 4.78 is 0.538. The van der Waals surface area contributed by atoms with Crippen molar-refractivity contribution in [1.29, 1.82) is 0 Å². The summed E-state index contributed by atoms with van der Waals surface area (Å²) in [6, 6.07) is 0. The minimum Gasteiger partial charge on any atom is -0.277 e. The number of rotatable bonds is 4. The van der Waals surface area contributed by atoms with E-state index < -0.39 is 0 Å². The van der Waals surface area contributed by atoms with Gasteiger partial charge in [-0.25, -0.2) is 0 Å². The van der Waals surface area contributed by atoms with Gasteiger partial charge in [0.2, 0.25) is 0 Å². The van der Waals surface area contributed by atoms with E-state index in [2.05, 4.69) is 6.92 Å². The van der Waals surface area contributed by atoms with E-state index in [4.69, 9.17) is 5.14 Å². The second-order valence-corrected chi connectivity index (χ2v) is 4.01. The largest absolute Gasteiger partial charge is 0.277 e. The first-order chi connectivity index (χ1) is 4.33. The van der Waals surface area contributed by atoms with Crippen molar-refractivity contribution in [2.75, 3.05) is 0 Å². The van der Waals surface area contributed by atoms with Crippen molar-refractivity contribution >= 4 is 11.9 Å². The lowest BCUT2D eigenvalue weighted by atomic mass is 10.2. The Bertz CT molecular complexity index is 88.9. The van der Waals surface area contributed by atoms with E-state index in [1.54, 1.807) is 11.9 Å². The highest BCUT2D eigenvalue weighted by molar-refractivity contribution is 7.98. The SMILES string of the molecule is CCCCC1(SN)CC1. The summed E-state index contributed by atoms with van der Waals surface area (Å²) in [5.74, 6) is 0. The molecule has 1 aliphatic rings. The highest BCUT2D eigenvalue weighted by atomic mass is 32.2. The fraction of sp³-hybridized carbons (Fsp3) is 1.00. The maximum Gasteiger partial charge on any atom is 0.0303 e. The van der Waals surface area contributed by atoms with E-state index >= 15 is 0 Å². The normalized spacial score (nSPS) is 22.0. The first-order valence-electron chi connectivity index (χ1n) is 3.71. The molecule has 0 unspecified atom stereocenters. The zero-order valence-electron chi connectivity index (χ0n) is 6.02. The molecule has 0 saturated heterocycles. The van der Waals surface area contributed by atoms with Crippen LogP contribution in [0.5, 0.6) is 0 Å². The molecule has 0 atom stereocenters. The van der Waals surface area contributed by atoms with E-state index in [-0.39, 0.29) is 0 Å². The van der Waals surface area contributed by atoms with E-state index in [1.165, 1.54) is 32.1 Å². The smallest absolute Gasteiger partial charge is 0.0303 e. The van der Waals surface area contributed by atoms with Gasteiger partial charge in [0, 0.05) is 4.75 Å². The molecule has 54 valence electrons. The molecule has 0 radical (unpaired) electrons. The van der Waals surface area contributed by atoms with E-state index in [1.807, 2.05) is 0 Å². The predicted octanol–water partition coefficient (Wildman–Crippen LogP) is 2.32. The Balaban J connectivity index is 2.10. The average Bonchev–Trinajstić information content (AvgIpc) is 2.65. The quantitative estimate of drug-likeness (QED) is 0.614. The van der Waals surface area contributed by atoms with Crippen molar-refractivity contribution in [3.8, 4) is 0 Å². The van der Waals surface area contributed by atoms with E-state index in [9.17, 15) is 0 Å². The maximum absolute atomic E-state index is 5.53. The Labute approximate surface area is 61.5 Å². The molecule has 1 rings (SSSR count). The van der Waals surface area contributed by atoms with Gasteiger partial charge in [0.05, 0.1) is 0 Å². The Kier molecular flexibility index (Phi) is 2.42. The molecular formula is C7H15NS. The predicted molar refractivity (Wildman–Crippen MR) is 43.3 cm³/mol. The average molecular weight is 145 g/mol. The molecule has 0 aromatic heterocycles. The van der Waals surface area contributed by atoms with Gasteiger partial charge in [-0.2, -0.15) is 0 Å². The molecule has 1 fully saturated rings. The van der Waals surface area contributed by atoms with Gasteiger partial charge >= 0.3 is 0 Å². The van der Waals surface area contributed by atoms with Crippen LogP contribution in [0.2, 0.25) is 0 Å². The summed E-state index contributed by atoms with van der Waals surface area (Å²) in [7, 11) is 0. The second kappa shape index (κ2) is 2.93. The summed E-state index contributed by atoms with van der Waals surface area (Å²) in [5.41, 5.74) is 0. The molecule has 0 aliphatic heterocycles. The molecule has 0 aromatic rings. The Morgan fingerprint density at radius 1 is 1.56 bits per heavy atom. The van der Waals surface area contributed by atoms with Gasteiger partial charge in [-0.05, 0) is 19.3 Å². The third-order valence-corrected chi connectivity index (χ3v) is 3.16. The van der Waals surface area contributed by atoms with Gasteiger partial charge in [-0.1, -0.05) is 31.7 Å². The lowest BCUT2D eigenvalue weighted by Gasteiger charge is -2.08. The molecule has 0 spiro atoms. The van der Waals surface area contributed by atoms with Crippen LogP contribution in [0.15, 0.2) is 0 Å². The molecule has 1 nitrogen and oxygen atoms in total. The van der Waals surface area contributed by atoms with Crippen LogP contribution in [0.4, 0.5) is 0 Å². The van der Waals surface area contributed by atoms with E-state index in [0.29, 0.717) is 4.75 Å². The summed E-state index contributed by atoms with van der Waals surface area (Å²) in [6.45, 7) is 2.23. The van der Waals surface area contributed by atoms with Crippen LogP contribution >= 0.6 is 11.9 Å². The Morgan fingerprint density at radius 2 is 2.22 bits per heavy atom. The van der Waals surface area contributed by atoms with Gasteiger partial charge < -0.3 is 0 Å². The van der Waals surface area contributed by atoms with Crippen LogP contribution in [-0.4, -0.2) is 4.75 Å². The molecule has 2 N–H and O–H groups in total. The molecular weight excluding hydrogens is 130 g/mol. The van der Waals surface area contributed by atoms with Gasteiger partial charge in [0.25, 0.3) is 0 Å². The van der Waals surface area contributed by atoms with Gasteiger partial charge in [-0.15, -0.1) is 0 Å². The van der Waals surface area contributed by atoms with Crippen LogP contribution < -0.4 is 5.14 Å². The summed E-state index contributed by atoms with van der Waals surface area (Å²) in [6.07, 6.45) is 6.71. The van der Waals surface area contributed by atoms with Crippen LogP contribution in [0.25, 0.3) is 0 Å². The molecule has 0 bridgehead atoms. The summed E-state index contributed by atoms with van der Waals surface area (Å²) >= 11 is 1.58.